The summed E-state index contributed by atoms with van der Waals surface area (Å²) < 4.78 is 37.7. The summed E-state index contributed by atoms with van der Waals surface area (Å²) in [6.07, 6.45) is -0.332. The minimum atomic E-state index is -4.05. The molecule has 1 amide bonds. The van der Waals surface area contributed by atoms with Gasteiger partial charge in [0.25, 0.3) is 0 Å². The van der Waals surface area contributed by atoms with Crippen molar-refractivity contribution in [3.05, 3.63) is 59.1 Å². The molecule has 156 valence electrons. The van der Waals surface area contributed by atoms with E-state index < -0.39 is 27.9 Å². The van der Waals surface area contributed by atoms with E-state index in [-0.39, 0.29) is 24.3 Å². The van der Waals surface area contributed by atoms with E-state index in [0.29, 0.717) is 16.3 Å². The van der Waals surface area contributed by atoms with Gasteiger partial charge in [0.15, 0.2) is 0 Å². The molecule has 0 fully saturated rings. The van der Waals surface area contributed by atoms with Crippen molar-refractivity contribution >= 4 is 33.5 Å². The lowest BCUT2D eigenvalue weighted by Crippen LogP contribution is -2.42. The highest BCUT2D eigenvalue weighted by Crippen LogP contribution is 2.17. The predicted octanol–water partition coefficient (Wildman–Crippen LogP) is 2.00. The lowest BCUT2D eigenvalue weighted by atomic mass is 10.1. The van der Waals surface area contributed by atoms with Crippen molar-refractivity contribution in [3.63, 3.8) is 0 Å². The van der Waals surface area contributed by atoms with E-state index in [4.69, 9.17) is 26.8 Å². The number of primary amides is 1. The van der Waals surface area contributed by atoms with E-state index in [1.807, 2.05) is 0 Å². The van der Waals surface area contributed by atoms with Crippen molar-refractivity contribution in [2.45, 2.75) is 30.4 Å². The van der Waals surface area contributed by atoms with Gasteiger partial charge in [-0.1, -0.05) is 23.7 Å². The fraction of sp³-hybridized carbons (Fsp3) is 0.263. The van der Waals surface area contributed by atoms with Gasteiger partial charge in [0, 0.05) is 11.4 Å². The fourth-order valence-electron chi connectivity index (χ4n) is 2.40. The largest absolute Gasteiger partial charge is 0.497 e. The molecule has 0 aliphatic rings. The second kappa shape index (κ2) is 10.2. The highest BCUT2D eigenvalue weighted by Gasteiger charge is 2.27. The Hall–Kier alpha value is -2.62. The maximum Gasteiger partial charge on any atom is 0.324 e. The molecule has 1 atom stereocenters. The molecule has 3 N–H and O–H groups in total. The minimum Gasteiger partial charge on any atom is -0.497 e. The normalized spacial score (nSPS) is 12.2. The number of sulfonamides is 1. The summed E-state index contributed by atoms with van der Waals surface area (Å²) in [5, 5.41) is 0.476. The SMILES string of the molecule is COc1ccc(S(=O)(=O)N[C@H](CCC(N)=O)C(=O)OCc2cccc(Cl)c2)cc1. The molecule has 0 heterocycles. The number of esters is 1. The van der Waals surface area contributed by atoms with Gasteiger partial charge < -0.3 is 15.2 Å². The summed E-state index contributed by atoms with van der Waals surface area (Å²) in [4.78, 5) is 23.5. The van der Waals surface area contributed by atoms with Gasteiger partial charge in [-0.25, -0.2) is 8.42 Å². The van der Waals surface area contributed by atoms with Crippen LogP contribution in [0.25, 0.3) is 0 Å². The van der Waals surface area contributed by atoms with Crippen molar-refractivity contribution in [1.29, 1.82) is 0 Å². The molecule has 0 spiro atoms. The van der Waals surface area contributed by atoms with Gasteiger partial charge in [-0.15, -0.1) is 0 Å². The Labute approximate surface area is 174 Å². The van der Waals surface area contributed by atoms with Crippen LogP contribution in [0.4, 0.5) is 0 Å². The Morgan fingerprint density at radius 2 is 1.86 bits per heavy atom. The van der Waals surface area contributed by atoms with Crippen LogP contribution < -0.4 is 15.2 Å². The molecule has 0 aliphatic heterocycles. The molecular formula is C19H21ClN2O6S. The van der Waals surface area contributed by atoms with Crippen LogP contribution in [0.1, 0.15) is 18.4 Å². The maximum atomic E-state index is 12.6. The zero-order chi connectivity index (χ0) is 21.4. The van der Waals surface area contributed by atoms with Crippen LogP contribution in [0, 0.1) is 0 Å². The Balaban J connectivity index is 2.12. The molecule has 10 heteroatoms. The van der Waals surface area contributed by atoms with Crippen LogP contribution in [-0.2, 0) is 31.0 Å². The number of carbonyl (C=O) groups is 2. The molecular weight excluding hydrogens is 420 g/mol. The summed E-state index contributed by atoms with van der Waals surface area (Å²) in [7, 11) is -2.59. The molecule has 0 bridgehead atoms. The van der Waals surface area contributed by atoms with Crippen LogP contribution in [0.3, 0.4) is 0 Å². The van der Waals surface area contributed by atoms with Crippen LogP contribution in [-0.4, -0.2) is 33.4 Å². The van der Waals surface area contributed by atoms with Crippen molar-refractivity contribution in [1.82, 2.24) is 4.72 Å². The van der Waals surface area contributed by atoms with Crippen LogP contribution in [0.2, 0.25) is 5.02 Å². The third-order valence-electron chi connectivity index (χ3n) is 3.90. The Bertz CT molecular complexity index is 963. The summed E-state index contributed by atoms with van der Waals surface area (Å²) in [5.41, 5.74) is 5.77. The van der Waals surface area contributed by atoms with E-state index in [1.165, 1.54) is 31.4 Å². The van der Waals surface area contributed by atoms with Gasteiger partial charge in [-0.05, 0) is 48.4 Å². The average molecular weight is 441 g/mol. The van der Waals surface area contributed by atoms with E-state index >= 15 is 0 Å². The van der Waals surface area contributed by atoms with Crippen molar-refractivity contribution < 1.29 is 27.5 Å². The quantitative estimate of drug-likeness (QED) is 0.544. The third-order valence-corrected chi connectivity index (χ3v) is 5.62. The molecule has 0 saturated carbocycles. The summed E-state index contributed by atoms with van der Waals surface area (Å²) >= 11 is 5.89. The van der Waals surface area contributed by atoms with Crippen molar-refractivity contribution in [2.24, 2.45) is 5.73 Å². The number of benzene rings is 2. The number of nitrogens with two attached hydrogens (primary N) is 1. The number of nitrogens with one attached hydrogen (secondary N) is 1. The van der Waals surface area contributed by atoms with E-state index in [2.05, 4.69) is 4.72 Å². The second-order valence-electron chi connectivity index (χ2n) is 6.09. The number of amides is 1. The first-order valence-corrected chi connectivity index (χ1v) is 10.4. The van der Waals surface area contributed by atoms with Gasteiger partial charge in [0.05, 0.1) is 12.0 Å². The fourth-order valence-corrected chi connectivity index (χ4v) is 3.84. The number of hydrogen-bond acceptors (Lipinski definition) is 6. The molecule has 0 saturated heterocycles. The number of ether oxygens (including phenoxy) is 2. The highest BCUT2D eigenvalue weighted by atomic mass is 35.5. The Kier molecular flexibility index (Phi) is 8.00. The first-order chi connectivity index (χ1) is 13.7. The van der Waals surface area contributed by atoms with Gasteiger partial charge >= 0.3 is 5.97 Å². The molecule has 0 aromatic heterocycles. The predicted molar refractivity (Wildman–Crippen MR) is 107 cm³/mol. The maximum absolute atomic E-state index is 12.6. The number of rotatable bonds is 10. The molecule has 0 aliphatic carbocycles. The third kappa shape index (κ3) is 7.04. The summed E-state index contributed by atoms with van der Waals surface area (Å²) in [6, 6.07) is 11.0. The van der Waals surface area contributed by atoms with E-state index in [0.717, 1.165) is 0 Å². The lowest BCUT2D eigenvalue weighted by Gasteiger charge is -2.17. The molecule has 2 aromatic carbocycles. The van der Waals surface area contributed by atoms with Crippen LogP contribution >= 0.6 is 11.6 Å². The van der Waals surface area contributed by atoms with Gasteiger partial charge in [-0.3, -0.25) is 9.59 Å². The monoisotopic (exact) mass is 440 g/mol. The number of methoxy groups -OCH3 is 1. The van der Waals surface area contributed by atoms with Gasteiger partial charge in [0.2, 0.25) is 15.9 Å². The highest BCUT2D eigenvalue weighted by molar-refractivity contribution is 7.89. The first kappa shape index (κ1) is 22.7. The van der Waals surface area contributed by atoms with E-state index in [9.17, 15) is 18.0 Å². The topological polar surface area (TPSA) is 125 Å². The van der Waals surface area contributed by atoms with Gasteiger partial charge in [-0.2, -0.15) is 4.72 Å². The summed E-state index contributed by atoms with van der Waals surface area (Å²) in [6.45, 7) is -0.100. The first-order valence-electron chi connectivity index (χ1n) is 8.57. The Morgan fingerprint density at radius 1 is 1.17 bits per heavy atom. The lowest BCUT2D eigenvalue weighted by molar-refractivity contribution is -0.147. The van der Waals surface area contributed by atoms with Crippen molar-refractivity contribution in [2.75, 3.05) is 7.11 Å². The summed E-state index contributed by atoms with van der Waals surface area (Å²) in [5.74, 6) is -1.01. The van der Waals surface area contributed by atoms with Crippen molar-refractivity contribution in [3.8, 4) is 5.75 Å². The molecule has 2 rings (SSSR count). The van der Waals surface area contributed by atoms with Crippen LogP contribution in [0.5, 0.6) is 5.75 Å². The molecule has 0 unspecified atom stereocenters. The standard InChI is InChI=1S/C19H21ClN2O6S/c1-27-15-5-7-16(8-6-15)29(25,26)22-17(9-10-18(21)23)19(24)28-12-13-3-2-4-14(20)11-13/h2-8,11,17,22H,9-10,12H2,1H3,(H2,21,23)/t17-/m1/s1. The molecule has 8 nitrogen and oxygen atoms in total. The zero-order valence-corrected chi connectivity index (χ0v) is 17.2. The minimum absolute atomic E-state index is 0.0648. The zero-order valence-electron chi connectivity index (χ0n) is 15.6. The van der Waals surface area contributed by atoms with Gasteiger partial charge in [0.1, 0.15) is 18.4 Å². The molecule has 29 heavy (non-hydrogen) atoms. The number of halogens is 1. The van der Waals surface area contributed by atoms with Crippen LogP contribution in [0.15, 0.2) is 53.4 Å². The smallest absolute Gasteiger partial charge is 0.324 e. The Morgan fingerprint density at radius 3 is 2.45 bits per heavy atom. The number of hydrogen-bond donors (Lipinski definition) is 2. The second-order valence-corrected chi connectivity index (χ2v) is 8.24. The average Bonchev–Trinajstić information content (AvgIpc) is 2.69. The molecule has 2 aromatic rings. The molecule has 0 radical (unpaired) electrons. The number of carbonyl (C=O) groups excluding carboxylic acids is 2. The van der Waals surface area contributed by atoms with E-state index in [1.54, 1.807) is 24.3 Å².